The van der Waals surface area contributed by atoms with E-state index < -0.39 is 41.0 Å². The predicted molar refractivity (Wildman–Crippen MR) is 110 cm³/mol. The summed E-state index contributed by atoms with van der Waals surface area (Å²) in [5, 5.41) is 21.9. The molecule has 11 heteroatoms. The summed E-state index contributed by atoms with van der Waals surface area (Å²) >= 11 is 5.87. The van der Waals surface area contributed by atoms with Crippen LogP contribution in [0.5, 0.6) is 0 Å². The minimum atomic E-state index is -4.10. The molecule has 0 saturated heterocycles. The van der Waals surface area contributed by atoms with E-state index in [1.807, 2.05) is 0 Å². The minimum Gasteiger partial charge on any atom is -0.377 e. The molecule has 0 fully saturated rings. The molecule has 0 aliphatic carbocycles. The van der Waals surface area contributed by atoms with Gasteiger partial charge in [0.25, 0.3) is 0 Å². The quantitative estimate of drug-likeness (QED) is 0.402. The van der Waals surface area contributed by atoms with Crippen LogP contribution in [-0.2, 0) is 24.5 Å². The van der Waals surface area contributed by atoms with Crippen molar-refractivity contribution in [1.82, 2.24) is 25.2 Å². The number of alkyl halides is 2. The van der Waals surface area contributed by atoms with Gasteiger partial charge in [0.2, 0.25) is 0 Å². The van der Waals surface area contributed by atoms with Crippen LogP contribution in [-0.4, -0.2) is 30.3 Å². The van der Waals surface area contributed by atoms with Gasteiger partial charge in [0.15, 0.2) is 5.60 Å². The minimum absolute atomic E-state index is 0.414. The number of tetrazole rings is 1. The molecule has 0 spiro atoms. The van der Waals surface area contributed by atoms with Crippen molar-refractivity contribution in [2.45, 2.75) is 24.5 Å². The van der Waals surface area contributed by atoms with E-state index in [9.17, 15) is 13.9 Å². The van der Waals surface area contributed by atoms with Gasteiger partial charge in [-0.1, -0.05) is 29.8 Å². The fraction of sp³-hybridized carbons (Fsp3) is 0.182. The van der Waals surface area contributed by atoms with Crippen molar-refractivity contribution in [2.24, 2.45) is 0 Å². The summed E-state index contributed by atoms with van der Waals surface area (Å²) in [4.78, 5) is 3.84. The first-order chi connectivity index (χ1) is 15.7. The zero-order chi connectivity index (χ0) is 23.6. The van der Waals surface area contributed by atoms with Gasteiger partial charge in [-0.05, 0) is 58.3 Å². The molecule has 4 rings (SSSR count). The second-order valence-corrected chi connectivity index (χ2v) is 7.86. The van der Waals surface area contributed by atoms with Gasteiger partial charge in [0.1, 0.15) is 23.7 Å². The maximum absolute atomic E-state index is 15.7. The molecule has 0 bridgehead atoms. The third-order valence-electron chi connectivity index (χ3n) is 5.15. The highest BCUT2D eigenvalue weighted by atomic mass is 35.5. The van der Waals surface area contributed by atoms with Crippen molar-refractivity contribution in [3.8, 4) is 0 Å². The van der Waals surface area contributed by atoms with Crippen LogP contribution in [0.1, 0.15) is 22.4 Å². The third-order valence-corrected chi connectivity index (χ3v) is 5.40. The Hall–Kier alpha value is -3.37. The van der Waals surface area contributed by atoms with Gasteiger partial charge in [-0.2, -0.15) is 8.78 Å². The van der Waals surface area contributed by atoms with E-state index in [0.717, 1.165) is 34.8 Å². The molecule has 2 aromatic heterocycles. The second-order valence-electron chi connectivity index (χ2n) is 7.42. The first-order valence-corrected chi connectivity index (χ1v) is 10.0. The maximum atomic E-state index is 15.7. The van der Waals surface area contributed by atoms with E-state index in [1.54, 1.807) is 24.3 Å². The Kier molecular flexibility index (Phi) is 6.13. The van der Waals surface area contributed by atoms with Crippen molar-refractivity contribution in [1.29, 1.82) is 0 Å². The van der Waals surface area contributed by atoms with Gasteiger partial charge in [0, 0.05) is 22.8 Å². The van der Waals surface area contributed by atoms with Crippen molar-refractivity contribution in [2.75, 3.05) is 0 Å². The molecule has 0 aliphatic rings. The molecule has 33 heavy (non-hydrogen) atoms. The average molecular weight is 478 g/mol. The fourth-order valence-corrected chi connectivity index (χ4v) is 3.56. The molecule has 2 aromatic carbocycles. The van der Waals surface area contributed by atoms with E-state index in [4.69, 9.17) is 11.6 Å². The number of aromatic nitrogens is 5. The number of benzene rings is 2. The summed E-state index contributed by atoms with van der Waals surface area (Å²) in [5.74, 6) is -6.42. The maximum Gasteiger partial charge on any atom is 0.323 e. The Labute approximate surface area is 190 Å². The molecule has 0 amide bonds. The molecule has 0 aliphatic heterocycles. The number of halogens is 5. The van der Waals surface area contributed by atoms with Gasteiger partial charge in [0.05, 0.1) is 6.54 Å². The van der Waals surface area contributed by atoms with Crippen molar-refractivity contribution in [3.05, 3.63) is 106 Å². The summed E-state index contributed by atoms with van der Waals surface area (Å²) in [6.45, 7) is -0.913. The summed E-state index contributed by atoms with van der Waals surface area (Å²) in [7, 11) is 0. The number of rotatable bonds is 7. The molecule has 0 radical (unpaired) electrons. The van der Waals surface area contributed by atoms with Crippen LogP contribution in [0.2, 0.25) is 5.02 Å². The van der Waals surface area contributed by atoms with E-state index in [-0.39, 0.29) is 0 Å². The summed E-state index contributed by atoms with van der Waals surface area (Å²) < 4.78 is 60.2. The molecule has 1 N–H and O–H groups in total. The number of hydrogen-bond acceptors (Lipinski definition) is 5. The zero-order valence-electron chi connectivity index (χ0n) is 16.8. The SMILES string of the molecule is OC(Cn1cnnn1)(c1ccc(F)cc1F)C(F)(F)c1ccc(Cc2ccc(Cl)cc2)cn1. The largest absolute Gasteiger partial charge is 0.377 e. The van der Waals surface area contributed by atoms with E-state index in [2.05, 4.69) is 20.5 Å². The highest BCUT2D eigenvalue weighted by Crippen LogP contribution is 2.46. The summed E-state index contributed by atoms with van der Waals surface area (Å²) in [6, 6.07) is 11.5. The Morgan fingerprint density at radius 2 is 1.70 bits per heavy atom. The van der Waals surface area contributed by atoms with E-state index in [0.29, 0.717) is 23.1 Å². The Balaban J connectivity index is 1.70. The van der Waals surface area contributed by atoms with Gasteiger partial charge in [-0.15, -0.1) is 5.10 Å². The average Bonchev–Trinajstić information content (AvgIpc) is 3.28. The highest BCUT2D eigenvalue weighted by molar-refractivity contribution is 6.30. The number of aliphatic hydroxyl groups is 1. The highest BCUT2D eigenvalue weighted by Gasteiger charge is 2.57. The van der Waals surface area contributed by atoms with Crippen molar-refractivity contribution < 1.29 is 22.7 Å². The standard InChI is InChI=1S/C22H16ClF4N5O/c23-16-4-1-14(2-5-16)9-15-3-8-20(28-11-15)22(26,27)21(33,12-32-13-29-30-31-32)18-7-6-17(24)10-19(18)25/h1-8,10-11,13,33H,9,12H2. The lowest BCUT2D eigenvalue weighted by molar-refractivity contribution is -0.207. The van der Waals surface area contributed by atoms with Crippen LogP contribution < -0.4 is 0 Å². The summed E-state index contributed by atoms with van der Waals surface area (Å²) in [5.41, 5.74) is -3.28. The lowest BCUT2D eigenvalue weighted by Gasteiger charge is -2.35. The number of pyridine rings is 1. The number of hydrogen-bond donors (Lipinski definition) is 1. The lowest BCUT2D eigenvalue weighted by Crippen LogP contribution is -2.48. The van der Waals surface area contributed by atoms with Crippen molar-refractivity contribution >= 4 is 11.6 Å². The first kappa shape index (κ1) is 22.8. The topological polar surface area (TPSA) is 76.7 Å². The molecule has 1 atom stereocenters. The first-order valence-electron chi connectivity index (χ1n) is 9.65. The fourth-order valence-electron chi connectivity index (χ4n) is 3.43. The smallest absolute Gasteiger partial charge is 0.323 e. The molecular weight excluding hydrogens is 462 g/mol. The molecular formula is C22H16ClF4N5O. The van der Waals surface area contributed by atoms with Crippen LogP contribution in [0, 0.1) is 11.6 Å². The Bertz CT molecular complexity index is 1240. The Morgan fingerprint density at radius 3 is 2.30 bits per heavy atom. The van der Waals surface area contributed by atoms with Crippen molar-refractivity contribution in [3.63, 3.8) is 0 Å². The van der Waals surface area contributed by atoms with Gasteiger partial charge < -0.3 is 5.11 Å². The second kappa shape index (κ2) is 8.87. The van der Waals surface area contributed by atoms with Crippen LogP contribution in [0.15, 0.2) is 67.1 Å². The van der Waals surface area contributed by atoms with Gasteiger partial charge in [-0.25, -0.2) is 13.5 Å². The molecule has 2 heterocycles. The van der Waals surface area contributed by atoms with E-state index >= 15 is 8.78 Å². The van der Waals surface area contributed by atoms with Gasteiger partial charge >= 0.3 is 5.92 Å². The molecule has 6 nitrogen and oxygen atoms in total. The normalized spacial score (nSPS) is 13.6. The number of nitrogens with zero attached hydrogens (tertiary/aromatic N) is 5. The monoisotopic (exact) mass is 477 g/mol. The molecule has 0 saturated carbocycles. The lowest BCUT2D eigenvalue weighted by atomic mass is 9.84. The molecule has 170 valence electrons. The third kappa shape index (κ3) is 4.57. The van der Waals surface area contributed by atoms with Gasteiger partial charge in [-0.3, -0.25) is 4.98 Å². The Morgan fingerprint density at radius 1 is 0.970 bits per heavy atom. The predicted octanol–water partition coefficient (Wildman–Crippen LogP) is 4.27. The van der Waals surface area contributed by atoms with Crippen LogP contribution in [0.3, 0.4) is 0 Å². The molecule has 1 unspecified atom stereocenters. The van der Waals surface area contributed by atoms with Crippen LogP contribution >= 0.6 is 11.6 Å². The molecule has 4 aromatic rings. The van der Waals surface area contributed by atoms with E-state index in [1.165, 1.54) is 12.3 Å². The van der Waals surface area contributed by atoms with Crippen LogP contribution in [0.25, 0.3) is 0 Å². The summed E-state index contributed by atoms with van der Waals surface area (Å²) in [6.07, 6.45) is 2.65. The zero-order valence-corrected chi connectivity index (χ0v) is 17.6. The van der Waals surface area contributed by atoms with Crippen LogP contribution in [0.4, 0.5) is 17.6 Å².